The summed E-state index contributed by atoms with van der Waals surface area (Å²) >= 11 is 6.03. The molecular formula is C13H23ClN4O. The normalized spacial score (nSPS) is 11.1. The molecule has 0 fully saturated rings. The summed E-state index contributed by atoms with van der Waals surface area (Å²) in [7, 11) is 5.78. The molecule has 0 atom stereocenters. The average molecular weight is 287 g/mol. The highest BCUT2D eigenvalue weighted by Crippen LogP contribution is 2.16. The smallest absolute Gasteiger partial charge is 0.158 e. The van der Waals surface area contributed by atoms with Gasteiger partial charge in [-0.05, 0) is 34.0 Å². The first-order valence-electron chi connectivity index (χ1n) is 6.49. The molecule has 0 N–H and O–H groups in total. The van der Waals surface area contributed by atoms with E-state index in [1.165, 1.54) is 0 Å². The van der Waals surface area contributed by atoms with Crippen LogP contribution in [0.3, 0.4) is 0 Å². The number of nitrogens with zero attached hydrogens (tertiary/aromatic N) is 4. The van der Waals surface area contributed by atoms with E-state index in [-0.39, 0.29) is 0 Å². The predicted octanol–water partition coefficient (Wildman–Crippen LogP) is 2.05. The average Bonchev–Trinajstić information content (AvgIpc) is 2.34. The summed E-state index contributed by atoms with van der Waals surface area (Å²) in [5.41, 5.74) is 0. The van der Waals surface area contributed by atoms with Gasteiger partial charge >= 0.3 is 0 Å². The van der Waals surface area contributed by atoms with Gasteiger partial charge in [0.1, 0.15) is 17.6 Å². The summed E-state index contributed by atoms with van der Waals surface area (Å²) in [4.78, 5) is 13.0. The maximum atomic E-state index is 6.03. The van der Waals surface area contributed by atoms with Gasteiger partial charge in [0.2, 0.25) is 0 Å². The number of hydrogen-bond donors (Lipinski definition) is 0. The third-order valence-corrected chi connectivity index (χ3v) is 2.93. The van der Waals surface area contributed by atoms with E-state index in [0.29, 0.717) is 17.6 Å². The zero-order valence-electron chi connectivity index (χ0n) is 12.2. The number of rotatable bonds is 8. The molecule has 0 saturated carbocycles. The van der Waals surface area contributed by atoms with Gasteiger partial charge in [-0.1, -0.05) is 11.6 Å². The summed E-state index contributed by atoms with van der Waals surface area (Å²) < 4.78 is 5.06. The fourth-order valence-electron chi connectivity index (χ4n) is 1.82. The van der Waals surface area contributed by atoms with Gasteiger partial charge in [0.05, 0.1) is 0 Å². The van der Waals surface area contributed by atoms with Crippen molar-refractivity contribution in [1.29, 1.82) is 0 Å². The first-order valence-corrected chi connectivity index (χ1v) is 6.86. The molecule has 0 aliphatic carbocycles. The fraction of sp³-hybridized carbons (Fsp3) is 0.692. The number of hydrogen-bond acceptors (Lipinski definition) is 5. The van der Waals surface area contributed by atoms with Crippen molar-refractivity contribution < 1.29 is 4.74 Å². The van der Waals surface area contributed by atoms with Crippen LogP contribution >= 0.6 is 11.6 Å². The van der Waals surface area contributed by atoms with Crippen molar-refractivity contribution in [2.24, 2.45) is 0 Å². The van der Waals surface area contributed by atoms with Gasteiger partial charge in [-0.25, -0.2) is 9.97 Å². The Hall–Kier alpha value is -0.910. The molecule has 0 aliphatic heterocycles. The standard InChI is InChI=1S/C13H23ClN4O/c1-5-18(8-6-7-17(2)3)13-9-11(14)15-12(16-13)10-19-4/h9H,5-8,10H2,1-4H3. The van der Waals surface area contributed by atoms with E-state index < -0.39 is 0 Å². The lowest BCUT2D eigenvalue weighted by Gasteiger charge is -2.23. The molecule has 0 radical (unpaired) electrons. The van der Waals surface area contributed by atoms with E-state index in [9.17, 15) is 0 Å². The van der Waals surface area contributed by atoms with E-state index >= 15 is 0 Å². The monoisotopic (exact) mass is 286 g/mol. The van der Waals surface area contributed by atoms with Crippen LogP contribution in [-0.4, -0.2) is 55.7 Å². The predicted molar refractivity (Wildman–Crippen MR) is 78.8 cm³/mol. The molecule has 0 aliphatic rings. The van der Waals surface area contributed by atoms with Gasteiger partial charge < -0.3 is 14.5 Å². The summed E-state index contributed by atoms with van der Waals surface area (Å²) in [5.74, 6) is 1.49. The topological polar surface area (TPSA) is 41.5 Å². The molecule has 0 bridgehead atoms. The van der Waals surface area contributed by atoms with Gasteiger partial charge in [-0.15, -0.1) is 0 Å². The molecule has 1 aromatic rings. The second-order valence-electron chi connectivity index (χ2n) is 4.63. The van der Waals surface area contributed by atoms with Crippen LogP contribution in [0.25, 0.3) is 0 Å². The third-order valence-electron chi connectivity index (χ3n) is 2.74. The van der Waals surface area contributed by atoms with E-state index in [1.54, 1.807) is 13.2 Å². The molecule has 5 nitrogen and oxygen atoms in total. The van der Waals surface area contributed by atoms with Gasteiger partial charge in [0.15, 0.2) is 5.82 Å². The zero-order valence-corrected chi connectivity index (χ0v) is 12.9. The molecule has 19 heavy (non-hydrogen) atoms. The van der Waals surface area contributed by atoms with E-state index in [0.717, 1.165) is 31.9 Å². The maximum absolute atomic E-state index is 6.03. The Labute approximate surface area is 120 Å². The highest BCUT2D eigenvalue weighted by molar-refractivity contribution is 6.29. The van der Waals surface area contributed by atoms with Crippen molar-refractivity contribution in [1.82, 2.24) is 14.9 Å². The van der Waals surface area contributed by atoms with Crippen LogP contribution in [0.5, 0.6) is 0 Å². The molecule has 0 spiro atoms. The van der Waals surface area contributed by atoms with Crippen molar-refractivity contribution >= 4 is 17.4 Å². The van der Waals surface area contributed by atoms with Gasteiger partial charge in [-0.3, -0.25) is 0 Å². The van der Waals surface area contributed by atoms with Crippen molar-refractivity contribution in [3.8, 4) is 0 Å². The van der Waals surface area contributed by atoms with Crippen LogP contribution in [0.2, 0.25) is 5.15 Å². The van der Waals surface area contributed by atoms with Crippen LogP contribution in [0.4, 0.5) is 5.82 Å². The number of ether oxygens (including phenoxy) is 1. The minimum Gasteiger partial charge on any atom is -0.377 e. The first-order chi connectivity index (χ1) is 9.06. The number of halogens is 1. The summed E-state index contributed by atoms with van der Waals surface area (Å²) in [6.45, 7) is 5.40. The summed E-state index contributed by atoms with van der Waals surface area (Å²) in [6.07, 6.45) is 1.09. The fourth-order valence-corrected chi connectivity index (χ4v) is 2.01. The van der Waals surface area contributed by atoms with Crippen molar-refractivity contribution in [2.75, 3.05) is 45.7 Å². The third kappa shape index (κ3) is 5.72. The second-order valence-corrected chi connectivity index (χ2v) is 5.02. The molecule has 0 saturated heterocycles. The Balaban J connectivity index is 2.73. The van der Waals surface area contributed by atoms with Crippen LogP contribution < -0.4 is 4.90 Å². The van der Waals surface area contributed by atoms with Gasteiger partial charge in [0.25, 0.3) is 0 Å². The lowest BCUT2D eigenvalue weighted by Crippen LogP contribution is -2.28. The molecule has 0 unspecified atom stereocenters. The minimum absolute atomic E-state index is 0.378. The van der Waals surface area contributed by atoms with Gasteiger partial charge in [-0.2, -0.15) is 0 Å². The van der Waals surface area contributed by atoms with Gasteiger partial charge in [0, 0.05) is 26.3 Å². The molecule has 0 amide bonds. The van der Waals surface area contributed by atoms with E-state index in [1.807, 2.05) is 0 Å². The van der Waals surface area contributed by atoms with E-state index in [4.69, 9.17) is 16.3 Å². The Morgan fingerprint density at radius 2 is 2.00 bits per heavy atom. The van der Waals surface area contributed by atoms with Crippen molar-refractivity contribution in [3.63, 3.8) is 0 Å². The lowest BCUT2D eigenvalue weighted by atomic mass is 10.3. The van der Waals surface area contributed by atoms with Crippen molar-refractivity contribution in [3.05, 3.63) is 17.0 Å². The van der Waals surface area contributed by atoms with Crippen LogP contribution in [-0.2, 0) is 11.3 Å². The molecule has 6 heteroatoms. The molecule has 0 aromatic carbocycles. The SMILES string of the molecule is CCN(CCCN(C)C)c1cc(Cl)nc(COC)n1. The van der Waals surface area contributed by atoms with Crippen LogP contribution in [0, 0.1) is 0 Å². The quantitative estimate of drug-likeness (QED) is 0.684. The Kier molecular flexibility index (Phi) is 7.05. The van der Waals surface area contributed by atoms with Crippen LogP contribution in [0.15, 0.2) is 6.07 Å². The maximum Gasteiger partial charge on any atom is 0.158 e. The van der Waals surface area contributed by atoms with Crippen LogP contribution in [0.1, 0.15) is 19.2 Å². The molecule has 108 valence electrons. The second kappa shape index (κ2) is 8.30. The Morgan fingerprint density at radius 3 is 2.58 bits per heavy atom. The minimum atomic E-state index is 0.378. The zero-order chi connectivity index (χ0) is 14.3. The largest absolute Gasteiger partial charge is 0.377 e. The van der Waals surface area contributed by atoms with Crippen molar-refractivity contribution in [2.45, 2.75) is 20.0 Å². The molecule has 1 rings (SSSR count). The van der Waals surface area contributed by atoms with E-state index in [2.05, 4.69) is 40.8 Å². The first kappa shape index (κ1) is 16.1. The Morgan fingerprint density at radius 1 is 1.26 bits per heavy atom. The summed E-state index contributed by atoms with van der Waals surface area (Å²) in [5, 5.41) is 0.461. The Bertz CT molecular complexity index is 387. The molecule has 1 heterocycles. The lowest BCUT2D eigenvalue weighted by molar-refractivity contribution is 0.178. The molecular weight excluding hydrogens is 264 g/mol. The number of aromatic nitrogens is 2. The number of methoxy groups -OCH3 is 1. The highest BCUT2D eigenvalue weighted by atomic mass is 35.5. The summed E-state index contributed by atoms with van der Waals surface area (Å²) in [6, 6.07) is 1.81. The molecule has 1 aromatic heterocycles. The number of anilines is 1. The highest BCUT2D eigenvalue weighted by Gasteiger charge is 2.09.